The Kier molecular flexibility index (Phi) is 7.10. The minimum absolute atomic E-state index is 0.00529. The van der Waals surface area contributed by atoms with Gasteiger partial charge < -0.3 is 5.32 Å². The first-order chi connectivity index (χ1) is 13.8. The average molecular weight is 480 g/mol. The zero-order chi connectivity index (χ0) is 21.0. The molecule has 0 aromatic heterocycles. The zero-order valence-corrected chi connectivity index (χ0v) is 19.0. The van der Waals surface area contributed by atoms with E-state index in [0.29, 0.717) is 26.2 Å². The van der Waals surface area contributed by atoms with Gasteiger partial charge in [0.1, 0.15) is 0 Å². The number of carbonyl (C=O) groups is 1. The molecule has 1 unspecified atom stereocenters. The van der Waals surface area contributed by atoms with E-state index in [4.69, 9.17) is 0 Å². The molecule has 1 amide bonds. The molecule has 156 valence electrons. The van der Waals surface area contributed by atoms with Gasteiger partial charge in [0.15, 0.2) is 0 Å². The summed E-state index contributed by atoms with van der Waals surface area (Å²) in [7, 11) is -3.36. The Morgan fingerprint density at radius 1 is 1.10 bits per heavy atom. The maximum atomic E-state index is 12.7. The van der Waals surface area contributed by atoms with Crippen LogP contribution in [0.4, 0.5) is 5.69 Å². The van der Waals surface area contributed by atoms with Gasteiger partial charge in [-0.15, -0.1) is 0 Å². The van der Waals surface area contributed by atoms with E-state index in [-0.39, 0.29) is 17.7 Å². The quantitative estimate of drug-likeness (QED) is 0.690. The number of hydrogen-bond acceptors (Lipinski definition) is 4. The molecule has 0 radical (unpaired) electrons. The Hall–Kier alpha value is -1.74. The summed E-state index contributed by atoms with van der Waals surface area (Å²) in [5, 5.41) is 2.95. The minimum atomic E-state index is -3.36. The Bertz CT molecular complexity index is 958. The monoisotopic (exact) mass is 479 g/mol. The molecule has 1 heterocycles. The molecule has 3 rings (SSSR count). The molecule has 1 aliphatic heterocycles. The van der Waals surface area contributed by atoms with E-state index < -0.39 is 10.0 Å². The number of nitrogens with one attached hydrogen (secondary N) is 1. The lowest BCUT2D eigenvalue weighted by Gasteiger charge is -2.36. The lowest BCUT2D eigenvalue weighted by molar-refractivity contribution is -0.121. The Morgan fingerprint density at radius 2 is 1.76 bits per heavy atom. The van der Waals surface area contributed by atoms with Crippen LogP contribution in [0.1, 0.15) is 18.1 Å². The summed E-state index contributed by atoms with van der Waals surface area (Å²) in [4.78, 5) is 14.7. The van der Waals surface area contributed by atoms with Crippen molar-refractivity contribution < 1.29 is 13.2 Å². The molecule has 2 aromatic rings. The molecule has 0 saturated carbocycles. The van der Waals surface area contributed by atoms with Crippen LogP contribution in [0.25, 0.3) is 0 Å². The topological polar surface area (TPSA) is 69.7 Å². The van der Waals surface area contributed by atoms with Crippen molar-refractivity contribution in [3.05, 3.63) is 64.1 Å². The number of nitrogens with zero attached hydrogens (tertiary/aromatic N) is 2. The number of anilines is 1. The highest BCUT2D eigenvalue weighted by molar-refractivity contribution is 9.10. The molecule has 1 aliphatic rings. The third-order valence-electron chi connectivity index (χ3n) is 5.17. The minimum Gasteiger partial charge on any atom is -0.324 e. The van der Waals surface area contributed by atoms with Crippen LogP contribution in [0.2, 0.25) is 0 Å². The highest BCUT2D eigenvalue weighted by atomic mass is 79.9. The van der Waals surface area contributed by atoms with Crippen LogP contribution in [0.3, 0.4) is 0 Å². The second-order valence-corrected chi connectivity index (χ2v) is 10.1. The Morgan fingerprint density at radius 3 is 2.38 bits per heavy atom. The lowest BCUT2D eigenvalue weighted by Crippen LogP contribution is -2.54. The van der Waals surface area contributed by atoms with Crippen LogP contribution < -0.4 is 5.32 Å². The molecule has 0 aliphatic carbocycles. The van der Waals surface area contributed by atoms with Gasteiger partial charge in [0.05, 0.1) is 17.5 Å². The number of hydrogen-bond donors (Lipinski definition) is 1. The number of aryl methyl sites for hydroxylation is 1. The number of amides is 1. The molecule has 1 fully saturated rings. The van der Waals surface area contributed by atoms with E-state index in [0.717, 1.165) is 21.3 Å². The van der Waals surface area contributed by atoms with Crippen molar-refractivity contribution in [3.63, 3.8) is 0 Å². The second-order valence-electron chi connectivity index (χ2n) is 7.33. The molecule has 1 saturated heterocycles. The van der Waals surface area contributed by atoms with Gasteiger partial charge in [0.2, 0.25) is 15.9 Å². The van der Waals surface area contributed by atoms with Gasteiger partial charge in [-0.05, 0) is 53.0 Å². The summed E-state index contributed by atoms with van der Waals surface area (Å²) in [6, 6.07) is 14.6. The summed E-state index contributed by atoms with van der Waals surface area (Å²) in [6.45, 7) is 5.67. The second kappa shape index (κ2) is 9.38. The predicted molar refractivity (Wildman–Crippen MR) is 119 cm³/mol. The van der Waals surface area contributed by atoms with Gasteiger partial charge in [0.25, 0.3) is 0 Å². The maximum absolute atomic E-state index is 12.7. The molecule has 29 heavy (non-hydrogen) atoms. The number of sulfonamides is 1. The molecule has 0 bridgehead atoms. The number of carbonyl (C=O) groups excluding carboxylic acids is 1. The maximum Gasteiger partial charge on any atom is 0.241 e. The van der Waals surface area contributed by atoms with Crippen LogP contribution in [0.5, 0.6) is 0 Å². The van der Waals surface area contributed by atoms with Crippen molar-refractivity contribution in [2.75, 3.05) is 31.5 Å². The highest BCUT2D eigenvalue weighted by Gasteiger charge is 2.31. The SMILES string of the molecule is Cc1ccc(NC(=O)C(C)N2CCN(S(=O)(=O)Cc3ccccc3)CC2)c(Br)c1. The Labute approximate surface area is 181 Å². The summed E-state index contributed by atoms with van der Waals surface area (Å²) >= 11 is 3.48. The van der Waals surface area contributed by atoms with Gasteiger partial charge in [-0.2, -0.15) is 4.31 Å². The van der Waals surface area contributed by atoms with Crippen molar-refractivity contribution in [1.82, 2.24) is 9.21 Å². The van der Waals surface area contributed by atoms with Gasteiger partial charge in [0, 0.05) is 30.7 Å². The van der Waals surface area contributed by atoms with Crippen LogP contribution in [0.15, 0.2) is 53.0 Å². The van der Waals surface area contributed by atoms with Crippen LogP contribution >= 0.6 is 15.9 Å². The van der Waals surface area contributed by atoms with E-state index in [2.05, 4.69) is 21.2 Å². The standard InChI is InChI=1S/C21H26BrN3O3S/c1-16-8-9-20(19(22)14-16)23-21(26)17(2)24-10-12-25(13-11-24)29(27,28)15-18-6-4-3-5-7-18/h3-9,14,17H,10-13,15H2,1-2H3,(H,23,26). The molecular weight excluding hydrogens is 454 g/mol. The van der Waals surface area contributed by atoms with Crippen molar-refractivity contribution in [2.24, 2.45) is 0 Å². The largest absolute Gasteiger partial charge is 0.324 e. The van der Waals surface area contributed by atoms with Crippen LogP contribution in [-0.2, 0) is 20.6 Å². The van der Waals surface area contributed by atoms with Crippen LogP contribution in [-0.4, -0.2) is 55.8 Å². The fraction of sp³-hybridized carbons (Fsp3) is 0.381. The lowest BCUT2D eigenvalue weighted by atomic mass is 10.2. The smallest absolute Gasteiger partial charge is 0.241 e. The van der Waals surface area contributed by atoms with Crippen molar-refractivity contribution >= 4 is 37.5 Å². The highest BCUT2D eigenvalue weighted by Crippen LogP contribution is 2.24. The number of halogens is 1. The van der Waals surface area contributed by atoms with Gasteiger partial charge in [-0.3, -0.25) is 9.69 Å². The fourth-order valence-electron chi connectivity index (χ4n) is 3.37. The van der Waals surface area contributed by atoms with Crippen LogP contribution in [0, 0.1) is 6.92 Å². The number of piperazine rings is 1. The van der Waals surface area contributed by atoms with E-state index in [1.165, 1.54) is 4.31 Å². The van der Waals surface area contributed by atoms with Gasteiger partial charge in [-0.25, -0.2) is 8.42 Å². The van der Waals surface area contributed by atoms with Crippen molar-refractivity contribution in [1.29, 1.82) is 0 Å². The third kappa shape index (κ3) is 5.66. The molecule has 0 spiro atoms. The average Bonchev–Trinajstić information content (AvgIpc) is 2.70. The first-order valence-electron chi connectivity index (χ1n) is 9.59. The summed E-state index contributed by atoms with van der Waals surface area (Å²) in [5.41, 5.74) is 2.62. The summed E-state index contributed by atoms with van der Waals surface area (Å²) in [5.74, 6) is -0.0964. The van der Waals surface area contributed by atoms with Crippen molar-refractivity contribution in [2.45, 2.75) is 25.6 Å². The molecule has 1 atom stereocenters. The molecule has 2 aromatic carbocycles. The van der Waals surface area contributed by atoms with E-state index >= 15 is 0 Å². The summed E-state index contributed by atoms with van der Waals surface area (Å²) in [6.07, 6.45) is 0. The molecule has 6 nitrogen and oxygen atoms in total. The third-order valence-corrected chi connectivity index (χ3v) is 7.67. The van der Waals surface area contributed by atoms with E-state index in [1.807, 2.05) is 67.3 Å². The first-order valence-corrected chi connectivity index (χ1v) is 12.0. The van der Waals surface area contributed by atoms with Gasteiger partial charge in [-0.1, -0.05) is 36.4 Å². The van der Waals surface area contributed by atoms with E-state index in [9.17, 15) is 13.2 Å². The molecular formula is C21H26BrN3O3S. The molecule has 1 N–H and O–H groups in total. The zero-order valence-electron chi connectivity index (χ0n) is 16.6. The van der Waals surface area contributed by atoms with Gasteiger partial charge >= 0.3 is 0 Å². The fourth-order valence-corrected chi connectivity index (χ4v) is 5.48. The van der Waals surface area contributed by atoms with Crippen molar-refractivity contribution in [3.8, 4) is 0 Å². The number of rotatable bonds is 6. The summed E-state index contributed by atoms with van der Waals surface area (Å²) < 4.78 is 27.8. The van der Waals surface area contributed by atoms with E-state index in [1.54, 1.807) is 0 Å². The Balaban J connectivity index is 1.56. The predicted octanol–water partition coefficient (Wildman–Crippen LogP) is 3.23. The number of benzene rings is 2. The first kappa shape index (κ1) is 22.0. The molecule has 8 heteroatoms. The normalized spacial score (nSPS) is 17.1.